The third-order valence-corrected chi connectivity index (χ3v) is 5.77. The average Bonchev–Trinajstić information content (AvgIpc) is 2.51. The van der Waals surface area contributed by atoms with Crippen LogP contribution in [0.2, 0.25) is 0 Å². The molecule has 0 aliphatic carbocycles. The zero-order chi connectivity index (χ0) is 16.3. The van der Waals surface area contributed by atoms with Crippen molar-refractivity contribution in [2.24, 2.45) is 5.92 Å². The number of aryl methyl sites for hydroxylation is 1. The number of hydrogen-bond donors (Lipinski definition) is 2. The van der Waals surface area contributed by atoms with Crippen LogP contribution < -0.4 is 5.32 Å². The van der Waals surface area contributed by atoms with E-state index < -0.39 is 15.9 Å². The van der Waals surface area contributed by atoms with Gasteiger partial charge in [0.05, 0.1) is 17.4 Å². The second kappa shape index (κ2) is 6.66. The number of carbonyl (C=O) groups is 1. The minimum atomic E-state index is -3.27. The summed E-state index contributed by atoms with van der Waals surface area (Å²) >= 11 is 0. The quantitative estimate of drug-likeness (QED) is 0.825. The van der Waals surface area contributed by atoms with E-state index in [1.165, 1.54) is 10.4 Å². The topological polar surface area (TPSA) is 86.7 Å². The molecule has 122 valence electrons. The normalized spacial score (nSPS) is 19.8. The molecule has 0 bridgehead atoms. The number of rotatable bonds is 4. The second-order valence-corrected chi connectivity index (χ2v) is 7.87. The summed E-state index contributed by atoms with van der Waals surface area (Å²) in [4.78, 5) is 12.3. The van der Waals surface area contributed by atoms with Gasteiger partial charge >= 0.3 is 0 Å². The maximum atomic E-state index is 12.3. The Balaban J connectivity index is 2.08. The fraction of sp³-hybridized carbons (Fsp3) is 0.533. The third kappa shape index (κ3) is 3.78. The summed E-state index contributed by atoms with van der Waals surface area (Å²) < 4.78 is 25.3. The Bertz CT molecular complexity index is 658. The van der Waals surface area contributed by atoms with Crippen LogP contribution in [0.4, 0.5) is 5.69 Å². The molecule has 7 heteroatoms. The van der Waals surface area contributed by atoms with Gasteiger partial charge in [0.25, 0.3) is 0 Å². The summed E-state index contributed by atoms with van der Waals surface area (Å²) in [6.07, 6.45) is 1.31. The first-order valence-electron chi connectivity index (χ1n) is 7.42. The molecule has 1 aliphatic rings. The largest absolute Gasteiger partial charge is 0.506 e. The van der Waals surface area contributed by atoms with E-state index >= 15 is 0 Å². The summed E-state index contributed by atoms with van der Waals surface area (Å²) in [5.74, 6) is -0.598. The fourth-order valence-electron chi connectivity index (χ4n) is 2.58. The van der Waals surface area contributed by atoms with E-state index in [1.807, 2.05) is 6.92 Å². The molecule has 0 aromatic heterocycles. The van der Waals surface area contributed by atoms with Gasteiger partial charge < -0.3 is 10.4 Å². The van der Waals surface area contributed by atoms with Crippen LogP contribution in [-0.4, -0.2) is 42.6 Å². The standard InChI is InChI=1S/C15H22N2O4S/c1-3-22(20,21)17-8-4-5-12(10-17)15(19)16-13-9-11(2)6-7-14(13)18/h6-7,9,12,18H,3-5,8,10H2,1-2H3,(H,16,19)/t12-/m0/s1. The van der Waals surface area contributed by atoms with Gasteiger partial charge in [0.15, 0.2) is 0 Å². The van der Waals surface area contributed by atoms with Gasteiger partial charge in [0, 0.05) is 13.1 Å². The molecule has 1 saturated heterocycles. The van der Waals surface area contributed by atoms with Gasteiger partial charge in [-0.3, -0.25) is 4.79 Å². The first-order valence-corrected chi connectivity index (χ1v) is 9.02. The summed E-state index contributed by atoms with van der Waals surface area (Å²) in [5.41, 5.74) is 1.28. The summed E-state index contributed by atoms with van der Waals surface area (Å²) in [7, 11) is -3.27. The van der Waals surface area contributed by atoms with Crippen molar-refractivity contribution in [2.45, 2.75) is 26.7 Å². The molecule has 2 rings (SSSR count). The Morgan fingerprint density at radius 3 is 2.86 bits per heavy atom. The predicted molar refractivity (Wildman–Crippen MR) is 85.2 cm³/mol. The van der Waals surface area contributed by atoms with Crippen molar-refractivity contribution in [1.29, 1.82) is 0 Å². The number of anilines is 1. The number of amides is 1. The molecule has 1 heterocycles. The van der Waals surface area contributed by atoms with Gasteiger partial charge in [-0.1, -0.05) is 6.07 Å². The minimum absolute atomic E-state index is 0.00722. The lowest BCUT2D eigenvalue weighted by atomic mass is 9.98. The van der Waals surface area contributed by atoms with Crippen LogP contribution in [0.3, 0.4) is 0 Å². The molecule has 6 nitrogen and oxygen atoms in total. The Hall–Kier alpha value is -1.60. The lowest BCUT2D eigenvalue weighted by molar-refractivity contribution is -0.120. The van der Waals surface area contributed by atoms with Crippen LogP contribution in [0.25, 0.3) is 0 Å². The molecule has 22 heavy (non-hydrogen) atoms. The summed E-state index contributed by atoms with van der Waals surface area (Å²) in [6.45, 7) is 4.14. The molecular formula is C15H22N2O4S. The predicted octanol–water partition coefficient (Wildman–Crippen LogP) is 1.70. The molecule has 1 aliphatic heterocycles. The molecule has 0 spiro atoms. The maximum Gasteiger partial charge on any atom is 0.228 e. The number of phenols is 1. The molecule has 0 radical (unpaired) electrons. The van der Waals surface area contributed by atoms with Crippen LogP contribution in [0.15, 0.2) is 18.2 Å². The van der Waals surface area contributed by atoms with E-state index in [0.717, 1.165) is 5.56 Å². The zero-order valence-electron chi connectivity index (χ0n) is 12.9. The molecule has 0 saturated carbocycles. The number of aromatic hydroxyl groups is 1. The zero-order valence-corrected chi connectivity index (χ0v) is 13.7. The number of phenolic OH excluding ortho intramolecular Hbond substituents is 1. The van der Waals surface area contributed by atoms with E-state index in [2.05, 4.69) is 5.32 Å². The lowest BCUT2D eigenvalue weighted by Gasteiger charge is -2.30. The number of sulfonamides is 1. The van der Waals surface area contributed by atoms with Crippen LogP contribution in [-0.2, 0) is 14.8 Å². The summed E-state index contributed by atoms with van der Waals surface area (Å²) in [6, 6.07) is 4.97. The Morgan fingerprint density at radius 1 is 1.45 bits per heavy atom. The number of piperidine rings is 1. The molecule has 2 N–H and O–H groups in total. The van der Waals surface area contributed by atoms with Crippen molar-refractivity contribution in [1.82, 2.24) is 4.31 Å². The number of benzene rings is 1. The van der Waals surface area contributed by atoms with E-state index in [9.17, 15) is 18.3 Å². The van der Waals surface area contributed by atoms with Gasteiger partial charge in [-0.2, -0.15) is 0 Å². The highest BCUT2D eigenvalue weighted by Gasteiger charge is 2.31. The summed E-state index contributed by atoms with van der Waals surface area (Å²) in [5, 5.41) is 12.5. The number of nitrogens with zero attached hydrogens (tertiary/aromatic N) is 1. The molecule has 0 unspecified atom stereocenters. The van der Waals surface area contributed by atoms with Crippen molar-refractivity contribution in [3.05, 3.63) is 23.8 Å². The van der Waals surface area contributed by atoms with Gasteiger partial charge in [-0.15, -0.1) is 0 Å². The van der Waals surface area contributed by atoms with Crippen molar-refractivity contribution in [3.8, 4) is 5.75 Å². The van der Waals surface area contributed by atoms with Gasteiger partial charge in [0.2, 0.25) is 15.9 Å². The monoisotopic (exact) mass is 326 g/mol. The molecular weight excluding hydrogens is 304 g/mol. The molecule has 1 amide bonds. The number of carbonyl (C=O) groups excluding carboxylic acids is 1. The van der Waals surface area contributed by atoms with Gasteiger partial charge in [0.1, 0.15) is 5.75 Å². The fourth-order valence-corrected chi connectivity index (χ4v) is 3.76. The molecule has 1 fully saturated rings. The van der Waals surface area contributed by atoms with Crippen molar-refractivity contribution < 1.29 is 18.3 Å². The first-order chi connectivity index (χ1) is 10.3. The van der Waals surface area contributed by atoms with Crippen molar-refractivity contribution in [3.63, 3.8) is 0 Å². The van der Waals surface area contributed by atoms with Crippen LogP contribution >= 0.6 is 0 Å². The smallest absolute Gasteiger partial charge is 0.228 e. The Kier molecular flexibility index (Phi) is 5.08. The highest BCUT2D eigenvalue weighted by atomic mass is 32.2. The molecule has 1 aromatic carbocycles. The van der Waals surface area contributed by atoms with Crippen molar-refractivity contribution >= 4 is 21.6 Å². The molecule has 1 aromatic rings. The number of hydrogen-bond acceptors (Lipinski definition) is 4. The third-order valence-electron chi connectivity index (χ3n) is 3.92. The van der Waals surface area contributed by atoms with Crippen LogP contribution in [0.5, 0.6) is 5.75 Å². The minimum Gasteiger partial charge on any atom is -0.506 e. The maximum absolute atomic E-state index is 12.3. The Morgan fingerprint density at radius 2 is 2.18 bits per heavy atom. The van der Waals surface area contributed by atoms with Gasteiger partial charge in [-0.05, 0) is 44.4 Å². The van der Waals surface area contributed by atoms with E-state index in [1.54, 1.807) is 19.1 Å². The molecule has 1 atom stereocenters. The Labute approximate surface area is 131 Å². The number of nitrogens with one attached hydrogen (secondary N) is 1. The lowest BCUT2D eigenvalue weighted by Crippen LogP contribution is -2.44. The van der Waals surface area contributed by atoms with Crippen LogP contribution in [0, 0.1) is 12.8 Å². The highest BCUT2D eigenvalue weighted by Crippen LogP contribution is 2.26. The highest BCUT2D eigenvalue weighted by molar-refractivity contribution is 7.89. The van der Waals surface area contributed by atoms with E-state index in [0.29, 0.717) is 25.1 Å². The van der Waals surface area contributed by atoms with E-state index in [-0.39, 0.29) is 24.0 Å². The second-order valence-electron chi connectivity index (χ2n) is 5.61. The average molecular weight is 326 g/mol. The van der Waals surface area contributed by atoms with Crippen LogP contribution in [0.1, 0.15) is 25.3 Å². The first kappa shape index (κ1) is 16.8. The van der Waals surface area contributed by atoms with E-state index in [4.69, 9.17) is 0 Å². The SMILES string of the molecule is CCS(=O)(=O)N1CCC[C@H](C(=O)Nc2cc(C)ccc2O)C1. The van der Waals surface area contributed by atoms with Gasteiger partial charge in [-0.25, -0.2) is 12.7 Å². The van der Waals surface area contributed by atoms with Crippen molar-refractivity contribution in [2.75, 3.05) is 24.2 Å².